The molecule has 1 N–H and O–H groups in total. The van der Waals surface area contributed by atoms with Crippen molar-refractivity contribution in [2.75, 3.05) is 24.8 Å². The zero-order valence-corrected chi connectivity index (χ0v) is 16.5. The lowest BCUT2D eigenvalue weighted by atomic mass is 10.1. The molecule has 0 saturated heterocycles. The van der Waals surface area contributed by atoms with Gasteiger partial charge in [-0.3, -0.25) is 19.7 Å². The number of benzene rings is 2. The molecule has 0 radical (unpaired) electrons. The number of carbonyl (C=O) groups is 2. The molecule has 2 aromatic rings. The van der Waals surface area contributed by atoms with Crippen LogP contribution in [0.5, 0.6) is 5.75 Å². The molecule has 0 aliphatic rings. The lowest BCUT2D eigenvalue weighted by Gasteiger charge is -2.09. The van der Waals surface area contributed by atoms with Crippen LogP contribution < -0.4 is 10.1 Å². The maximum Gasteiger partial charge on any atom is 0.316 e. The second-order valence-corrected chi connectivity index (χ2v) is 6.93. The molecule has 148 valence electrons. The van der Waals surface area contributed by atoms with Crippen LogP contribution in [0.15, 0.2) is 41.3 Å². The molecule has 28 heavy (non-hydrogen) atoms. The van der Waals surface area contributed by atoms with E-state index in [4.69, 9.17) is 9.47 Å². The van der Waals surface area contributed by atoms with E-state index >= 15 is 0 Å². The summed E-state index contributed by atoms with van der Waals surface area (Å²) in [5, 5.41) is 13.6. The Bertz CT molecular complexity index is 883. The molecule has 0 unspecified atom stereocenters. The molecule has 8 nitrogen and oxygen atoms in total. The lowest BCUT2D eigenvalue weighted by Crippen LogP contribution is -2.22. The third kappa shape index (κ3) is 5.98. The summed E-state index contributed by atoms with van der Waals surface area (Å²) >= 11 is 1.26. The molecular formula is C19H20N2O6S. The van der Waals surface area contributed by atoms with Crippen molar-refractivity contribution in [3.63, 3.8) is 0 Å². The van der Waals surface area contributed by atoms with Gasteiger partial charge in [0.1, 0.15) is 11.4 Å². The minimum atomic E-state index is -0.644. The summed E-state index contributed by atoms with van der Waals surface area (Å²) in [4.78, 5) is 35.3. The van der Waals surface area contributed by atoms with E-state index in [-0.39, 0.29) is 17.1 Å². The number of nitrogens with one attached hydrogen (secondary N) is 1. The first-order valence-electron chi connectivity index (χ1n) is 8.28. The third-order valence-corrected chi connectivity index (χ3v) is 4.85. The van der Waals surface area contributed by atoms with Crippen molar-refractivity contribution in [2.24, 2.45) is 0 Å². The predicted molar refractivity (Wildman–Crippen MR) is 106 cm³/mol. The maximum absolute atomic E-state index is 12.0. The van der Waals surface area contributed by atoms with Crippen LogP contribution in [0.2, 0.25) is 0 Å². The number of esters is 1. The van der Waals surface area contributed by atoms with Crippen molar-refractivity contribution in [3.8, 4) is 5.75 Å². The van der Waals surface area contributed by atoms with Gasteiger partial charge in [-0.2, -0.15) is 0 Å². The van der Waals surface area contributed by atoms with E-state index in [9.17, 15) is 19.7 Å². The molecule has 0 aliphatic heterocycles. The number of anilines is 1. The summed E-state index contributed by atoms with van der Waals surface area (Å²) in [5.41, 5.74) is 1.40. The summed E-state index contributed by atoms with van der Waals surface area (Å²) in [7, 11) is 1.57. The minimum absolute atomic E-state index is 0.0311. The van der Waals surface area contributed by atoms with E-state index < -0.39 is 23.4 Å². The van der Waals surface area contributed by atoms with E-state index in [1.54, 1.807) is 33.1 Å². The van der Waals surface area contributed by atoms with Gasteiger partial charge in [-0.05, 0) is 55.3 Å². The third-order valence-electron chi connectivity index (χ3n) is 3.86. The summed E-state index contributed by atoms with van der Waals surface area (Å²) in [5.74, 6) is -0.465. The van der Waals surface area contributed by atoms with E-state index in [1.807, 2.05) is 12.1 Å². The Kier molecular flexibility index (Phi) is 7.39. The van der Waals surface area contributed by atoms with Crippen LogP contribution in [0, 0.1) is 24.0 Å². The van der Waals surface area contributed by atoms with Crippen LogP contribution in [0.4, 0.5) is 11.4 Å². The fraction of sp³-hybridized carbons (Fsp3) is 0.263. The van der Waals surface area contributed by atoms with Crippen molar-refractivity contribution in [1.29, 1.82) is 0 Å². The van der Waals surface area contributed by atoms with Crippen molar-refractivity contribution in [2.45, 2.75) is 18.7 Å². The first-order valence-corrected chi connectivity index (χ1v) is 9.26. The number of nitrogens with zero attached hydrogens (tertiary/aromatic N) is 1. The number of thioether (sulfide) groups is 1. The highest BCUT2D eigenvalue weighted by Gasteiger charge is 2.18. The van der Waals surface area contributed by atoms with Crippen LogP contribution in [-0.2, 0) is 14.3 Å². The van der Waals surface area contributed by atoms with Gasteiger partial charge in [0.05, 0.1) is 17.8 Å². The average Bonchev–Trinajstić information content (AvgIpc) is 2.67. The highest BCUT2D eigenvalue weighted by Crippen LogP contribution is 2.28. The van der Waals surface area contributed by atoms with Crippen molar-refractivity contribution >= 4 is 35.0 Å². The van der Waals surface area contributed by atoms with Gasteiger partial charge in [0, 0.05) is 11.0 Å². The molecule has 0 aromatic heterocycles. The standard InChI is InChI=1S/C19H20N2O6S/c1-12-8-16(17(21(24)25)9-13(12)2)20-18(22)10-27-19(23)11-28-15-6-4-14(26-3)5-7-15/h4-9H,10-11H2,1-3H3,(H,20,22). The molecular weight excluding hydrogens is 384 g/mol. The van der Waals surface area contributed by atoms with Gasteiger partial charge in [-0.25, -0.2) is 0 Å². The van der Waals surface area contributed by atoms with Gasteiger partial charge in [-0.1, -0.05) is 0 Å². The van der Waals surface area contributed by atoms with Gasteiger partial charge in [0.2, 0.25) is 0 Å². The zero-order valence-electron chi connectivity index (χ0n) is 15.7. The Morgan fingerprint density at radius 2 is 1.79 bits per heavy atom. The molecule has 0 spiro atoms. The molecule has 0 fully saturated rings. The highest BCUT2D eigenvalue weighted by atomic mass is 32.2. The van der Waals surface area contributed by atoms with Crippen molar-refractivity contribution in [3.05, 3.63) is 57.6 Å². The van der Waals surface area contributed by atoms with E-state index in [1.165, 1.54) is 23.9 Å². The van der Waals surface area contributed by atoms with Crippen LogP contribution >= 0.6 is 11.8 Å². The number of methoxy groups -OCH3 is 1. The second-order valence-electron chi connectivity index (χ2n) is 5.88. The molecule has 9 heteroatoms. The number of rotatable bonds is 8. The number of nitro groups is 1. The SMILES string of the molecule is COc1ccc(SCC(=O)OCC(=O)Nc2cc(C)c(C)cc2[N+](=O)[O-])cc1. The van der Waals surface area contributed by atoms with Crippen LogP contribution in [0.3, 0.4) is 0 Å². The average molecular weight is 404 g/mol. The number of amides is 1. The number of nitro benzene ring substituents is 1. The van der Waals surface area contributed by atoms with E-state index in [0.717, 1.165) is 16.0 Å². The van der Waals surface area contributed by atoms with E-state index in [2.05, 4.69) is 5.32 Å². The highest BCUT2D eigenvalue weighted by molar-refractivity contribution is 8.00. The monoisotopic (exact) mass is 404 g/mol. The van der Waals surface area contributed by atoms with Gasteiger partial charge in [0.25, 0.3) is 11.6 Å². The molecule has 0 saturated carbocycles. The van der Waals surface area contributed by atoms with E-state index in [0.29, 0.717) is 5.75 Å². The molecule has 1 amide bonds. The molecule has 0 aliphatic carbocycles. The maximum atomic E-state index is 12.0. The topological polar surface area (TPSA) is 108 Å². The van der Waals surface area contributed by atoms with Gasteiger partial charge in [-0.15, -0.1) is 11.8 Å². The lowest BCUT2D eigenvalue weighted by molar-refractivity contribution is -0.384. The normalized spacial score (nSPS) is 10.2. The fourth-order valence-corrected chi connectivity index (χ4v) is 2.94. The van der Waals surface area contributed by atoms with Crippen molar-refractivity contribution in [1.82, 2.24) is 0 Å². The molecule has 0 atom stereocenters. The fourth-order valence-electron chi connectivity index (χ4n) is 2.24. The Labute approximate surface area is 166 Å². The molecule has 0 bridgehead atoms. The van der Waals surface area contributed by atoms with Gasteiger partial charge >= 0.3 is 5.97 Å². The number of carbonyl (C=O) groups excluding carboxylic acids is 2. The number of hydrogen-bond acceptors (Lipinski definition) is 7. The summed E-state index contributed by atoms with van der Waals surface area (Å²) < 4.78 is 9.99. The number of aryl methyl sites for hydroxylation is 2. The number of hydrogen-bond donors (Lipinski definition) is 1. The Balaban J connectivity index is 1.85. The second kappa shape index (κ2) is 9.75. The molecule has 0 heterocycles. The minimum Gasteiger partial charge on any atom is -0.497 e. The summed E-state index contributed by atoms with van der Waals surface area (Å²) in [6, 6.07) is 10.1. The van der Waals surface area contributed by atoms with Gasteiger partial charge in [0.15, 0.2) is 6.61 Å². The summed E-state index contributed by atoms with van der Waals surface area (Å²) in [6.07, 6.45) is 0. The van der Waals surface area contributed by atoms with Gasteiger partial charge < -0.3 is 14.8 Å². The Morgan fingerprint density at radius 3 is 2.39 bits per heavy atom. The predicted octanol–water partition coefficient (Wildman–Crippen LogP) is 3.49. The number of ether oxygens (including phenoxy) is 2. The molecule has 2 rings (SSSR count). The van der Waals surface area contributed by atoms with Crippen LogP contribution in [0.25, 0.3) is 0 Å². The first-order chi connectivity index (χ1) is 13.3. The Hall–Kier alpha value is -3.07. The molecule has 2 aromatic carbocycles. The smallest absolute Gasteiger partial charge is 0.316 e. The van der Waals surface area contributed by atoms with Crippen molar-refractivity contribution < 1.29 is 24.0 Å². The summed E-state index contributed by atoms with van der Waals surface area (Å²) in [6.45, 7) is 3.01. The largest absolute Gasteiger partial charge is 0.497 e. The first kappa shape index (κ1) is 21.2. The van der Waals surface area contributed by atoms with Crippen LogP contribution in [0.1, 0.15) is 11.1 Å². The Morgan fingerprint density at radius 1 is 1.14 bits per heavy atom. The quantitative estimate of drug-likeness (QED) is 0.310. The zero-order chi connectivity index (χ0) is 20.7. The van der Waals surface area contributed by atoms with Crippen LogP contribution in [-0.4, -0.2) is 36.3 Å².